The zero-order valence-electron chi connectivity index (χ0n) is 12.3. The standard InChI is InChI=1S/C14H16F3NO4S/c1-22-13(19)10-5-7-11(8-6-10)23(20,21)18-9-3-2-4-12(18)14(15,16)17/h5-8,12H,2-4,9H2,1H3. The van der Waals surface area contributed by atoms with Gasteiger partial charge >= 0.3 is 12.1 Å². The van der Waals surface area contributed by atoms with Crippen LogP contribution in [0.5, 0.6) is 0 Å². The molecule has 0 aromatic heterocycles. The first kappa shape index (κ1) is 17.7. The molecule has 128 valence electrons. The van der Waals surface area contributed by atoms with Crippen LogP contribution in [0.1, 0.15) is 29.6 Å². The van der Waals surface area contributed by atoms with E-state index in [9.17, 15) is 26.4 Å². The highest BCUT2D eigenvalue weighted by atomic mass is 32.2. The number of sulfonamides is 1. The van der Waals surface area contributed by atoms with Crippen molar-refractivity contribution in [1.82, 2.24) is 4.31 Å². The van der Waals surface area contributed by atoms with Gasteiger partial charge in [-0.1, -0.05) is 6.42 Å². The first-order chi connectivity index (χ1) is 10.7. The highest BCUT2D eigenvalue weighted by molar-refractivity contribution is 7.89. The fourth-order valence-electron chi connectivity index (χ4n) is 2.54. The zero-order valence-corrected chi connectivity index (χ0v) is 13.2. The van der Waals surface area contributed by atoms with Gasteiger partial charge in [0.1, 0.15) is 6.04 Å². The van der Waals surface area contributed by atoms with E-state index in [0.29, 0.717) is 17.1 Å². The number of benzene rings is 1. The number of hydrogen-bond donors (Lipinski definition) is 0. The molecule has 1 aromatic rings. The van der Waals surface area contributed by atoms with Crippen molar-refractivity contribution in [2.24, 2.45) is 0 Å². The molecule has 0 bridgehead atoms. The quantitative estimate of drug-likeness (QED) is 0.785. The molecule has 1 unspecified atom stereocenters. The summed E-state index contributed by atoms with van der Waals surface area (Å²) >= 11 is 0. The molecule has 5 nitrogen and oxygen atoms in total. The summed E-state index contributed by atoms with van der Waals surface area (Å²) in [5.41, 5.74) is 0.123. The number of rotatable bonds is 3. The average Bonchev–Trinajstić information content (AvgIpc) is 2.53. The van der Waals surface area contributed by atoms with Crippen LogP contribution in [-0.4, -0.2) is 44.6 Å². The lowest BCUT2D eigenvalue weighted by Crippen LogP contribution is -2.51. The summed E-state index contributed by atoms with van der Waals surface area (Å²) in [4.78, 5) is 11.1. The third-order valence-corrected chi connectivity index (χ3v) is 5.64. The molecular formula is C14H16F3NO4S. The van der Waals surface area contributed by atoms with Crippen LogP contribution in [0.15, 0.2) is 29.2 Å². The Bertz CT molecular complexity index is 670. The normalized spacial score (nSPS) is 20.3. The molecule has 0 aliphatic carbocycles. The van der Waals surface area contributed by atoms with E-state index in [1.165, 1.54) is 19.2 Å². The number of halogens is 3. The predicted molar refractivity (Wildman–Crippen MR) is 75.4 cm³/mol. The van der Waals surface area contributed by atoms with Gasteiger partial charge in [-0.05, 0) is 37.1 Å². The Morgan fingerprint density at radius 3 is 2.35 bits per heavy atom. The van der Waals surface area contributed by atoms with Crippen molar-refractivity contribution in [2.45, 2.75) is 36.4 Å². The minimum absolute atomic E-state index is 0.123. The van der Waals surface area contributed by atoms with E-state index < -0.39 is 28.2 Å². The van der Waals surface area contributed by atoms with Crippen molar-refractivity contribution in [3.8, 4) is 0 Å². The molecule has 2 rings (SSSR count). The Morgan fingerprint density at radius 2 is 1.83 bits per heavy atom. The number of methoxy groups -OCH3 is 1. The Balaban J connectivity index is 2.34. The predicted octanol–water partition coefficient (Wildman–Crippen LogP) is 2.58. The van der Waals surface area contributed by atoms with E-state index in [1.54, 1.807) is 0 Å². The van der Waals surface area contributed by atoms with Crippen LogP contribution in [0.25, 0.3) is 0 Å². The molecule has 1 saturated heterocycles. The lowest BCUT2D eigenvalue weighted by molar-refractivity contribution is -0.177. The lowest BCUT2D eigenvalue weighted by Gasteiger charge is -2.35. The van der Waals surface area contributed by atoms with Crippen molar-refractivity contribution in [2.75, 3.05) is 13.7 Å². The number of ether oxygens (including phenoxy) is 1. The molecule has 23 heavy (non-hydrogen) atoms. The number of esters is 1. The van der Waals surface area contributed by atoms with E-state index in [-0.39, 0.29) is 23.4 Å². The number of carbonyl (C=O) groups is 1. The number of piperidine rings is 1. The summed E-state index contributed by atoms with van der Waals surface area (Å²) in [5.74, 6) is -0.653. The van der Waals surface area contributed by atoms with Crippen LogP contribution >= 0.6 is 0 Å². The van der Waals surface area contributed by atoms with Gasteiger partial charge < -0.3 is 4.74 Å². The van der Waals surface area contributed by atoms with Crippen molar-refractivity contribution in [3.63, 3.8) is 0 Å². The minimum Gasteiger partial charge on any atom is -0.465 e. The molecule has 1 aliphatic heterocycles. The SMILES string of the molecule is COC(=O)c1ccc(S(=O)(=O)N2CCCCC2C(F)(F)F)cc1. The molecule has 0 N–H and O–H groups in total. The molecule has 1 heterocycles. The number of carbonyl (C=O) groups excluding carboxylic acids is 1. The number of nitrogens with zero attached hydrogens (tertiary/aromatic N) is 1. The molecule has 1 atom stereocenters. The molecular weight excluding hydrogens is 335 g/mol. The van der Waals surface area contributed by atoms with Gasteiger partial charge in [-0.3, -0.25) is 0 Å². The summed E-state index contributed by atoms with van der Waals surface area (Å²) in [6.07, 6.45) is -4.15. The van der Waals surface area contributed by atoms with Crippen LogP contribution in [0.2, 0.25) is 0 Å². The average molecular weight is 351 g/mol. The first-order valence-electron chi connectivity index (χ1n) is 6.95. The van der Waals surface area contributed by atoms with Gasteiger partial charge in [-0.25, -0.2) is 13.2 Å². The van der Waals surface area contributed by atoms with Crippen LogP contribution < -0.4 is 0 Å². The number of hydrogen-bond acceptors (Lipinski definition) is 4. The van der Waals surface area contributed by atoms with Gasteiger partial charge in [0.25, 0.3) is 0 Å². The van der Waals surface area contributed by atoms with E-state index in [4.69, 9.17) is 0 Å². The van der Waals surface area contributed by atoms with E-state index in [2.05, 4.69) is 4.74 Å². The van der Waals surface area contributed by atoms with Gasteiger partial charge in [0.2, 0.25) is 10.0 Å². The zero-order chi connectivity index (χ0) is 17.3. The Labute approximate surface area is 132 Å². The smallest absolute Gasteiger partial charge is 0.405 e. The second-order valence-electron chi connectivity index (χ2n) is 5.18. The van der Waals surface area contributed by atoms with Gasteiger partial charge in [0, 0.05) is 6.54 Å². The second-order valence-corrected chi connectivity index (χ2v) is 7.08. The summed E-state index contributed by atoms with van der Waals surface area (Å²) in [6.45, 7) is -0.175. The maximum absolute atomic E-state index is 13.1. The maximum atomic E-state index is 13.1. The number of alkyl halides is 3. The van der Waals surface area contributed by atoms with Crippen LogP contribution in [0, 0.1) is 0 Å². The fraction of sp³-hybridized carbons (Fsp3) is 0.500. The summed E-state index contributed by atoms with van der Waals surface area (Å²) < 4.78 is 69.3. The maximum Gasteiger partial charge on any atom is 0.405 e. The van der Waals surface area contributed by atoms with Gasteiger partial charge in [-0.2, -0.15) is 17.5 Å². The summed E-state index contributed by atoms with van der Waals surface area (Å²) in [6, 6.07) is 2.64. The molecule has 0 radical (unpaired) electrons. The lowest BCUT2D eigenvalue weighted by atomic mass is 10.0. The largest absolute Gasteiger partial charge is 0.465 e. The molecule has 0 saturated carbocycles. The Morgan fingerprint density at radius 1 is 1.22 bits per heavy atom. The minimum atomic E-state index is -4.61. The third-order valence-electron chi connectivity index (χ3n) is 3.71. The van der Waals surface area contributed by atoms with Crippen molar-refractivity contribution in [1.29, 1.82) is 0 Å². The van der Waals surface area contributed by atoms with Gasteiger partial charge in [0.15, 0.2) is 0 Å². The summed E-state index contributed by atoms with van der Waals surface area (Å²) in [5, 5.41) is 0. The van der Waals surface area contributed by atoms with Gasteiger partial charge in [0.05, 0.1) is 17.6 Å². The summed E-state index contributed by atoms with van der Waals surface area (Å²) in [7, 11) is -3.11. The van der Waals surface area contributed by atoms with Crippen molar-refractivity contribution >= 4 is 16.0 Å². The van der Waals surface area contributed by atoms with E-state index in [0.717, 1.165) is 12.1 Å². The van der Waals surface area contributed by atoms with E-state index >= 15 is 0 Å². The fourth-order valence-corrected chi connectivity index (χ4v) is 4.22. The topological polar surface area (TPSA) is 63.7 Å². The Hall–Kier alpha value is -1.61. The molecule has 0 amide bonds. The Kier molecular flexibility index (Phi) is 5.00. The van der Waals surface area contributed by atoms with Crippen LogP contribution in [-0.2, 0) is 14.8 Å². The molecule has 9 heteroatoms. The molecule has 1 fully saturated rings. The molecule has 1 aliphatic rings. The van der Waals surface area contributed by atoms with Crippen molar-refractivity contribution in [3.05, 3.63) is 29.8 Å². The third kappa shape index (κ3) is 3.66. The first-order valence-corrected chi connectivity index (χ1v) is 8.39. The second kappa shape index (κ2) is 6.48. The van der Waals surface area contributed by atoms with E-state index in [1.807, 2.05) is 0 Å². The highest BCUT2D eigenvalue weighted by Crippen LogP contribution is 2.35. The van der Waals surface area contributed by atoms with Crippen molar-refractivity contribution < 1.29 is 31.1 Å². The monoisotopic (exact) mass is 351 g/mol. The molecule has 0 spiro atoms. The highest BCUT2D eigenvalue weighted by Gasteiger charge is 2.48. The van der Waals surface area contributed by atoms with Crippen LogP contribution in [0.3, 0.4) is 0 Å². The van der Waals surface area contributed by atoms with Crippen LogP contribution in [0.4, 0.5) is 13.2 Å². The molecule has 1 aromatic carbocycles. The van der Waals surface area contributed by atoms with Gasteiger partial charge in [-0.15, -0.1) is 0 Å².